The Labute approximate surface area is 333 Å². The van der Waals surface area contributed by atoms with E-state index in [0.29, 0.717) is 0 Å². The van der Waals surface area contributed by atoms with Crippen molar-refractivity contribution in [1.82, 2.24) is 14.1 Å². The van der Waals surface area contributed by atoms with Crippen LogP contribution in [0.4, 0.5) is 0 Å². The fourth-order valence-corrected chi connectivity index (χ4v) is 9.95. The molecule has 3 heterocycles. The number of fused-ring (bicyclic) bond motifs is 8. The monoisotopic (exact) mass is 743 g/mol. The van der Waals surface area contributed by atoms with Gasteiger partial charge in [0.1, 0.15) is 5.01 Å². The summed E-state index contributed by atoms with van der Waals surface area (Å²) in [6.07, 6.45) is 0. The van der Waals surface area contributed by atoms with Crippen molar-refractivity contribution >= 4 is 75.9 Å². The third kappa shape index (κ3) is 5.01. The molecule has 57 heavy (non-hydrogen) atoms. The fraction of sp³-hybridized carbons (Fsp3) is 0. The Hall–Kier alpha value is -7.27. The van der Waals surface area contributed by atoms with Gasteiger partial charge in [0.25, 0.3) is 0 Å². The maximum absolute atomic E-state index is 5.04. The zero-order chi connectivity index (χ0) is 37.5. The van der Waals surface area contributed by atoms with Crippen molar-refractivity contribution in [2.75, 3.05) is 0 Å². The van der Waals surface area contributed by atoms with E-state index in [-0.39, 0.29) is 0 Å². The van der Waals surface area contributed by atoms with Crippen LogP contribution >= 0.6 is 11.3 Å². The normalized spacial score (nSPS) is 11.9. The minimum atomic E-state index is 1.04. The number of thiazole rings is 1. The first-order chi connectivity index (χ1) is 28.3. The predicted octanol–water partition coefficient (Wildman–Crippen LogP) is 14.6. The molecule has 266 valence electrons. The van der Waals surface area contributed by atoms with Gasteiger partial charge in [0.2, 0.25) is 0 Å². The molecule has 9 aromatic carbocycles. The number of rotatable bonds is 5. The molecule has 12 aromatic rings. The van der Waals surface area contributed by atoms with E-state index in [9.17, 15) is 0 Å². The quantitative estimate of drug-likeness (QED) is 0.172. The fourth-order valence-electron chi connectivity index (χ4n) is 8.95. The summed E-state index contributed by atoms with van der Waals surface area (Å²) in [5.41, 5.74) is 14.1. The number of aromatic nitrogens is 3. The summed E-state index contributed by atoms with van der Waals surface area (Å²) in [4.78, 5) is 5.04. The van der Waals surface area contributed by atoms with Crippen LogP contribution in [0.5, 0.6) is 0 Å². The second-order valence-electron chi connectivity index (χ2n) is 14.7. The molecular weight excluding hydrogens is 711 g/mol. The van der Waals surface area contributed by atoms with E-state index in [1.165, 1.54) is 92.6 Å². The molecule has 0 aliphatic carbocycles. The molecule has 0 spiro atoms. The van der Waals surface area contributed by atoms with E-state index in [2.05, 4.69) is 209 Å². The topological polar surface area (TPSA) is 22.8 Å². The van der Waals surface area contributed by atoms with Gasteiger partial charge in [0.05, 0.1) is 38.0 Å². The van der Waals surface area contributed by atoms with Crippen molar-refractivity contribution in [2.24, 2.45) is 0 Å². The molecule has 4 heteroatoms. The largest absolute Gasteiger partial charge is 0.309 e. The maximum atomic E-state index is 5.04. The summed E-state index contributed by atoms with van der Waals surface area (Å²) < 4.78 is 6.06. The standard InChI is InChI=1S/C53H33N3S/c1-2-13-34(14-3-1)35-15-12-16-38(31-35)55-47-22-9-6-19-41(47)44-32-36(25-28-50(44)55)37-26-29-51-45(33-37)42-20-7-10-23-48(42)56(51)49-30-27-43(39-17-4-5-18-40(39)49)53-54-46-21-8-11-24-52(46)57-53/h1-33H. The molecule has 12 rings (SSSR count). The molecule has 0 N–H and O–H groups in total. The molecule has 3 nitrogen and oxygen atoms in total. The third-order valence-corrected chi connectivity index (χ3v) is 12.6. The summed E-state index contributed by atoms with van der Waals surface area (Å²) in [7, 11) is 0. The van der Waals surface area contributed by atoms with Crippen molar-refractivity contribution in [1.29, 1.82) is 0 Å². The Morgan fingerprint density at radius 3 is 1.65 bits per heavy atom. The first-order valence-corrected chi connectivity index (χ1v) is 20.2. The highest BCUT2D eigenvalue weighted by Crippen LogP contribution is 2.42. The summed E-state index contributed by atoms with van der Waals surface area (Å²) in [6.45, 7) is 0. The van der Waals surface area contributed by atoms with Gasteiger partial charge in [-0.15, -0.1) is 11.3 Å². The van der Waals surface area contributed by atoms with Gasteiger partial charge in [-0.2, -0.15) is 0 Å². The van der Waals surface area contributed by atoms with Crippen LogP contribution in [0.1, 0.15) is 0 Å². The van der Waals surface area contributed by atoms with Crippen molar-refractivity contribution in [2.45, 2.75) is 0 Å². The Morgan fingerprint density at radius 2 is 0.912 bits per heavy atom. The maximum Gasteiger partial charge on any atom is 0.125 e. The zero-order valence-corrected chi connectivity index (χ0v) is 31.6. The molecule has 3 aromatic heterocycles. The Morgan fingerprint density at radius 1 is 0.351 bits per heavy atom. The van der Waals surface area contributed by atoms with E-state index < -0.39 is 0 Å². The lowest BCUT2D eigenvalue weighted by Crippen LogP contribution is -1.96. The Bertz CT molecular complexity index is 3500. The van der Waals surface area contributed by atoms with E-state index in [1.807, 2.05) is 0 Å². The van der Waals surface area contributed by atoms with Gasteiger partial charge < -0.3 is 9.13 Å². The lowest BCUT2D eigenvalue weighted by molar-refractivity contribution is 1.18. The number of benzene rings is 9. The van der Waals surface area contributed by atoms with Crippen LogP contribution in [0.15, 0.2) is 200 Å². The summed E-state index contributed by atoms with van der Waals surface area (Å²) >= 11 is 1.75. The smallest absolute Gasteiger partial charge is 0.125 e. The van der Waals surface area contributed by atoms with Gasteiger partial charge in [-0.1, -0.05) is 127 Å². The van der Waals surface area contributed by atoms with E-state index in [4.69, 9.17) is 4.98 Å². The van der Waals surface area contributed by atoms with Crippen LogP contribution in [-0.4, -0.2) is 14.1 Å². The van der Waals surface area contributed by atoms with Crippen LogP contribution in [-0.2, 0) is 0 Å². The average molecular weight is 744 g/mol. The van der Waals surface area contributed by atoms with Crippen LogP contribution in [0.3, 0.4) is 0 Å². The Kier molecular flexibility index (Phi) is 7.10. The van der Waals surface area contributed by atoms with E-state index in [1.54, 1.807) is 11.3 Å². The van der Waals surface area contributed by atoms with Gasteiger partial charge >= 0.3 is 0 Å². The molecule has 0 atom stereocenters. The van der Waals surface area contributed by atoms with Gasteiger partial charge in [-0.3, -0.25) is 0 Å². The van der Waals surface area contributed by atoms with Crippen LogP contribution in [0.2, 0.25) is 0 Å². The lowest BCUT2D eigenvalue weighted by atomic mass is 10.0. The first-order valence-electron chi connectivity index (χ1n) is 19.4. The number of para-hydroxylation sites is 3. The van der Waals surface area contributed by atoms with Crippen LogP contribution < -0.4 is 0 Å². The molecule has 0 aliphatic heterocycles. The van der Waals surface area contributed by atoms with Gasteiger partial charge in [0, 0.05) is 38.2 Å². The number of hydrogen-bond donors (Lipinski definition) is 0. The molecule has 0 bridgehead atoms. The minimum Gasteiger partial charge on any atom is -0.309 e. The zero-order valence-electron chi connectivity index (χ0n) is 30.8. The van der Waals surface area contributed by atoms with E-state index in [0.717, 1.165) is 16.2 Å². The second-order valence-corrected chi connectivity index (χ2v) is 15.8. The SMILES string of the molecule is c1ccc(-c2cccc(-n3c4ccccc4c4cc(-c5ccc6c(c5)c5ccccc5n6-c5ccc(-c6nc7ccccc7s6)c6ccccc56)ccc43)c2)cc1. The summed E-state index contributed by atoms with van der Waals surface area (Å²) in [5, 5.41) is 8.43. The molecule has 0 aliphatic rings. The molecule has 0 saturated carbocycles. The average Bonchev–Trinajstić information content (AvgIpc) is 3.96. The molecule has 0 fully saturated rings. The van der Waals surface area contributed by atoms with Gasteiger partial charge in [-0.25, -0.2) is 4.98 Å². The lowest BCUT2D eigenvalue weighted by Gasteiger charge is -2.14. The third-order valence-electron chi connectivity index (χ3n) is 11.6. The van der Waals surface area contributed by atoms with Crippen LogP contribution in [0.25, 0.3) is 109 Å². The number of hydrogen-bond acceptors (Lipinski definition) is 2. The molecular formula is C53H33N3S. The molecule has 0 unspecified atom stereocenters. The first kappa shape index (κ1) is 32.0. The molecule has 0 saturated heterocycles. The van der Waals surface area contributed by atoms with Crippen molar-refractivity contribution in [3.05, 3.63) is 200 Å². The molecule has 0 radical (unpaired) electrons. The summed E-state index contributed by atoms with van der Waals surface area (Å²) in [6, 6.07) is 72.7. The van der Waals surface area contributed by atoms with Gasteiger partial charge in [-0.05, 0) is 100 Å². The molecule has 0 amide bonds. The highest BCUT2D eigenvalue weighted by atomic mass is 32.1. The number of nitrogens with zero attached hydrogens (tertiary/aromatic N) is 3. The summed E-state index contributed by atoms with van der Waals surface area (Å²) in [5.74, 6) is 0. The van der Waals surface area contributed by atoms with Crippen molar-refractivity contribution < 1.29 is 0 Å². The predicted molar refractivity (Wildman–Crippen MR) is 242 cm³/mol. The Balaban J connectivity index is 1.01. The van der Waals surface area contributed by atoms with Crippen LogP contribution in [0, 0.1) is 0 Å². The van der Waals surface area contributed by atoms with Crippen molar-refractivity contribution in [3.8, 4) is 44.2 Å². The van der Waals surface area contributed by atoms with Gasteiger partial charge in [0.15, 0.2) is 0 Å². The minimum absolute atomic E-state index is 1.04. The van der Waals surface area contributed by atoms with E-state index >= 15 is 0 Å². The second kappa shape index (κ2) is 12.6. The highest BCUT2D eigenvalue weighted by molar-refractivity contribution is 7.21. The van der Waals surface area contributed by atoms with Crippen molar-refractivity contribution in [3.63, 3.8) is 0 Å². The highest BCUT2D eigenvalue weighted by Gasteiger charge is 2.19.